The van der Waals surface area contributed by atoms with Crippen LogP contribution in [0.3, 0.4) is 0 Å². The van der Waals surface area contributed by atoms with E-state index in [0.717, 1.165) is 35.4 Å². The van der Waals surface area contributed by atoms with E-state index in [0.29, 0.717) is 24.7 Å². The van der Waals surface area contributed by atoms with Gasteiger partial charge in [-0.05, 0) is 42.5 Å². The van der Waals surface area contributed by atoms with Crippen molar-refractivity contribution in [1.29, 1.82) is 0 Å². The van der Waals surface area contributed by atoms with Crippen molar-refractivity contribution in [3.8, 4) is 11.1 Å². The van der Waals surface area contributed by atoms with Crippen molar-refractivity contribution in [2.24, 2.45) is 0 Å². The number of nitrogens with zero attached hydrogens (tertiary/aromatic N) is 5. The molecule has 1 saturated heterocycles. The van der Waals surface area contributed by atoms with Gasteiger partial charge in [0.05, 0.1) is 5.69 Å². The average Bonchev–Trinajstić information content (AvgIpc) is 3.29. The molecule has 4 rings (SSSR count). The van der Waals surface area contributed by atoms with Crippen LogP contribution in [0.1, 0.15) is 60.4 Å². The lowest BCUT2D eigenvalue weighted by molar-refractivity contribution is 0.0700. The maximum absolute atomic E-state index is 13.5. The van der Waals surface area contributed by atoms with Crippen LogP contribution in [0, 0.1) is 5.82 Å². The average molecular weight is 437 g/mol. The molecule has 0 spiro atoms. The number of likely N-dealkylation sites (tertiary alicyclic amines) is 1. The quantitative estimate of drug-likeness (QED) is 0.648. The summed E-state index contributed by atoms with van der Waals surface area (Å²) in [6, 6.07) is 8.22. The maximum atomic E-state index is 13.5. The second kappa shape index (κ2) is 9.06. The van der Waals surface area contributed by atoms with Crippen LogP contribution in [0.5, 0.6) is 0 Å². The van der Waals surface area contributed by atoms with Crippen molar-refractivity contribution < 1.29 is 9.18 Å². The lowest BCUT2D eigenvalue weighted by Crippen LogP contribution is -2.39. The molecule has 7 nitrogen and oxygen atoms in total. The second-order valence-electron chi connectivity index (χ2n) is 8.82. The topological polar surface area (TPSA) is 78.0 Å². The Morgan fingerprint density at radius 1 is 1.25 bits per heavy atom. The molecule has 2 aromatic heterocycles. The van der Waals surface area contributed by atoms with Crippen molar-refractivity contribution in [3.63, 3.8) is 0 Å². The predicted octanol–water partition coefficient (Wildman–Crippen LogP) is 4.22. The van der Waals surface area contributed by atoms with Gasteiger partial charge in [0.1, 0.15) is 11.5 Å². The number of piperidine rings is 1. The Morgan fingerprint density at radius 2 is 2.00 bits per heavy atom. The number of nitrogens with one attached hydrogen (secondary N) is 1. The van der Waals surface area contributed by atoms with Gasteiger partial charge in [0, 0.05) is 50.6 Å². The van der Waals surface area contributed by atoms with Gasteiger partial charge in [0.2, 0.25) is 5.95 Å². The fourth-order valence-electron chi connectivity index (χ4n) is 4.05. The highest BCUT2D eigenvalue weighted by Gasteiger charge is 2.30. The van der Waals surface area contributed by atoms with Crippen LogP contribution in [0.15, 0.2) is 36.5 Å². The van der Waals surface area contributed by atoms with Crippen molar-refractivity contribution in [2.75, 3.05) is 32.1 Å². The number of benzene rings is 1. The van der Waals surface area contributed by atoms with Crippen LogP contribution in [-0.4, -0.2) is 58.2 Å². The van der Waals surface area contributed by atoms with Gasteiger partial charge in [0.15, 0.2) is 0 Å². The molecule has 1 amide bonds. The van der Waals surface area contributed by atoms with Gasteiger partial charge in [-0.15, -0.1) is 0 Å². The number of carbonyl (C=O) groups excluding carboxylic acids is 1. The summed E-state index contributed by atoms with van der Waals surface area (Å²) in [7, 11) is 3.80. The number of aromatic amines is 1. The third-order valence-electron chi connectivity index (χ3n) is 5.89. The van der Waals surface area contributed by atoms with Gasteiger partial charge in [-0.2, -0.15) is 5.10 Å². The van der Waals surface area contributed by atoms with Crippen molar-refractivity contribution in [3.05, 3.63) is 59.4 Å². The molecule has 1 fully saturated rings. The van der Waals surface area contributed by atoms with Crippen molar-refractivity contribution in [1.82, 2.24) is 25.1 Å². The second-order valence-corrected chi connectivity index (χ2v) is 8.82. The zero-order valence-electron chi connectivity index (χ0n) is 19.0. The van der Waals surface area contributed by atoms with E-state index in [-0.39, 0.29) is 23.6 Å². The Labute approximate surface area is 187 Å². The Balaban J connectivity index is 1.64. The van der Waals surface area contributed by atoms with E-state index in [1.165, 1.54) is 12.1 Å². The molecule has 0 radical (unpaired) electrons. The lowest BCUT2D eigenvalue weighted by Gasteiger charge is -2.33. The Hall–Kier alpha value is -3.29. The summed E-state index contributed by atoms with van der Waals surface area (Å²) in [6.07, 6.45) is 3.59. The molecule has 0 aliphatic carbocycles. The number of carbonyl (C=O) groups is 1. The van der Waals surface area contributed by atoms with E-state index < -0.39 is 0 Å². The Bertz CT molecular complexity index is 1090. The van der Waals surface area contributed by atoms with E-state index in [1.807, 2.05) is 30.0 Å². The van der Waals surface area contributed by atoms with Crippen molar-refractivity contribution in [2.45, 2.75) is 38.5 Å². The molecule has 3 heterocycles. The minimum absolute atomic E-state index is 0.0537. The molecule has 32 heavy (non-hydrogen) atoms. The largest absolute Gasteiger partial charge is 0.347 e. The highest BCUT2D eigenvalue weighted by Crippen LogP contribution is 2.34. The zero-order valence-corrected chi connectivity index (χ0v) is 19.0. The first kappa shape index (κ1) is 21.9. The minimum atomic E-state index is -0.282. The van der Waals surface area contributed by atoms with Crippen molar-refractivity contribution >= 4 is 11.9 Å². The number of amides is 1. The summed E-state index contributed by atoms with van der Waals surface area (Å²) in [5.41, 5.74) is 4.02. The number of rotatable bonds is 5. The highest BCUT2D eigenvalue weighted by atomic mass is 19.1. The summed E-state index contributed by atoms with van der Waals surface area (Å²) in [5, 5.41) is 7.21. The summed E-state index contributed by atoms with van der Waals surface area (Å²) in [4.78, 5) is 26.2. The summed E-state index contributed by atoms with van der Waals surface area (Å²) < 4.78 is 13.5. The summed E-state index contributed by atoms with van der Waals surface area (Å²) in [5.74, 6) is 0.599. The molecule has 0 unspecified atom stereocenters. The molecule has 8 heteroatoms. The fourth-order valence-corrected chi connectivity index (χ4v) is 4.05. The van der Waals surface area contributed by atoms with Gasteiger partial charge in [-0.25, -0.2) is 14.4 Å². The van der Waals surface area contributed by atoms with Crippen LogP contribution in [0.2, 0.25) is 0 Å². The zero-order chi connectivity index (χ0) is 22.8. The SMILES string of the molecule is CC(C)c1cc(C(=O)N2CCC[C@@H](c3nc(N(C)C)ncc3-c3ccc(F)cc3)C2)n[nH]1. The number of anilines is 1. The lowest BCUT2D eigenvalue weighted by atomic mass is 9.89. The molecule has 1 atom stereocenters. The van der Waals surface area contributed by atoms with Gasteiger partial charge in [-0.3, -0.25) is 9.89 Å². The predicted molar refractivity (Wildman–Crippen MR) is 122 cm³/mol. The molecular formula is C24H29FN6O. The fraction of sp³-hybridized carbons (Fsp3) is 0.417. The van der Waals surface area contributed by atoms with Crippen LogP contribution in [0.4, 0.5) is 10.3 Å². The van der Waals surface area contributed by atoms with Gasteiger partial charge < -0.3 is 9.80 Å². The van der Waals surface area contributed by atoms with E-state index in [2.05, 4.69) is 29.0 Å². The summed E-state index contributed by atoms with van der Waals surface area (Å²) >= 11 is 0. The van der Waals surface area contributed by atoms with E-state index in [1.54, 1.807) is 18.3 Å². The first-order chi connectivity index (χ1) is 15.3. The van der Waals surface area contributed by atoms with Gasteiger partial charge >= 0.3 is 0 Å². The first-order valence-corrected chi connectivity index (χ1v) is 11.0. The number of aromatic nitrogens is 4. The van der Waals surface area contributed by atoms with E-state index >= 15 is 0 Å². The number of H-pyrrole nitrogens is 1. The minimum Gasteiger partial charge on any atom is -0.347 e. The maximum Gasteiger partial charge on any atom is 0.274 e. The molecule has 1 aliphatic rings. The van der Waals surface area contributed by atoms with Crippen LogP contribution >= 0.6 is 0 Å². The smallest absolute Gasteiger partial charge is 0.274 e. The number of hydrogen-bond acceptors (Lipinski definition) is 5. The van der Waals surface area contributed by atoms with E-state index in [9.17, 15) is 9.18 Å². The Morgan fingerprint density at radius 3 is 2.66 bits per heavy atom. The van der Waals surface area contributed by atoms with Gasteiger partial charge in [0.25, 0.3) is 5.91 Å². The first-order valence-electron chi connectivity index (χ1n) is 11.0. The molecule has 0 bridgehead atoms. The van der Waals surface area contributed by atoms with Gasteiger partial charge in [-0.1, -0.05) is 26.0 Å². The molecular weight excluding hydrogens is 407 g/mol. The highest BCUT2D eigenvalue weighted by molar-refractivity contribution is 5.92. The molecule has 0 saturated carbocycles. The normalized spacial score (nSPS) is 16.4. The Kier molecular flexibility index (Phi) is 6.21. The molecule has 168 valence electrons. The molecule has 3 aromatic rings. The third kappa shape index (κ3) is 4.49. The monoisotopic (exact) mass is 436 g/mol. The van der Waals surface area contributed by atoms with E-state index in [4.69, 9.17) is 4.98 Å². The molecule has 1 aromatic carbocycles. The molecule has 1 aliphatic heterocycles. The van der Waals surface area contributed by atoms with Crippen LogP contribution in [-0.2, 0) is 0 Å². The number of halogens is 1. The number of hydrogen-bond donors (Lipinski definition) is 1. The third-order valence-corrected chi connectivity index (χ3v) is 5.89. The summed E-state index contributed by atoms with van der Waals surface area (Å²) in [6.45, 7) is 5.37. The standard InChI is InChI=1S/C24H29FN6O/c1-15(2)20-12-21(29-28-20)23(32)31-11-5-6-17(14-31)22-19(13-26-24(27-22)30(3)4)16-7-9-18(25)10-8-16/h7-10,12-13,15,17H,5-6,11,14H2,1-4H3,(H,28,29)/t17-/m1/s1. The van der Waals surface area contributed by atoms with Crippen LogP contribution < -0.4 is 4.90 Å². The molecule has 1 N–H and O–H groups in total. The van der Waals surface area contributed by atoms with Crippen LogP contribution in [0.25, 0.3) is 11.1 Å².